The summed E-state index contributed by atoms with van der Waals surface area (Å²) in [7, 11) is 0. The Balaban J connectivity index is 1.42. The van der Waals surface area contributed by atoms with E-state index in [0.29, 0.717) is 22.3 Å². The van der Waals surface area contributed by atoms with Gasteiger partial charge in [-0.2, -0.15) is 0 Å². The van der Waals surface area contributed by atoms with Gasteiger partial charge in [0.2, 0.25) is 0 Å². The van der Waals surface area contributed by atoms with Crippen LogP contribution < -0.4 is 5.73 Å². The number of esters is 3. The summed E-state index contributed by atoms with van der Waals surface area (Å²) < 4.78 is 18.5. The Morgan fingerprint density at radius 3 is 1.52 bits per heavy atom. The zero-order valence-electron chi connectivity index (χ0n) is 24.6. The number of hydrogen-bond donors (Lipinski definition) is 1. The molecule has 46 heavy (non-hydrogen) atoms. The van der Waals surface area contributed by atoms with Crippen LogP contribution in [0.3, 0.4) is 0 Å². The van der Waals surface area contributed by atoms with Gasteiger partial charge in [0, 0.05) is 5.56 Å². The smallest absolute Gasteiger partial charge is 0.338 e. The lowest BCUT2D eigenvalue weighted by molar-refractivity contribution is -0.103. The molecule has 0 heterocycles. The van der Waals surface area contributed by atoms with E-state index in [1.165, 1.54) is 0 Å². The molecular formula is C39H29NO6. The third-order valence-corrected chi connectivity index (χ3v) is 8.35. The molecule has 7 rings (SSSR count). The third kappa shape index (κ3) is 5.38. The van der Waals surface area contributed by atoms with Crippen LogP contribution in [0.15, 0.2) is 140 Å². The van der Waals surface area contributed by atoms with Crippen molar-refractivity contribution < 1.29 is 28.6 Å². The molecule has 7 heteroatoms. The molecule has 0 unspecified atom stereocenters. The lowest BCUT2D eigenvalue weighted by atomic mass is 9.78. The molecule has 6 aromatic rings. The van der Waals surface area contributed by atoms with Crippen LogP contribution in [0.5, 0.6) is 0 Å². The second-order valence-electron chi connectivity index (χ2n) is 11.1. The minimum absolute atomic E-state index is 0.285. The topological polar surface area (TPSA) is 105 Å². The lowest BCUT2D eigenvalue weighted by Crippen LogP contribution is -2.50. The number of benzene rings is 6. The summed E-state index contributed by atoms with van der Waals surface area (Å²) in [4.78, 5) is 40.8. The molecular weight excluding hydrogens is 578 g/mol. The highest BCUT2D eigenvalue weighted by molar-refractivity contribution is 6.10. The fourth-order valence-corrected chi connectivity index (χ4v) is 6.16. The Labute approximate surface area is 265 Å². The number of hydrogen-bond acceptors (Lipinski definition) is 7. The number of carbonyl (C=O) groups is 3. The molecule has 0 fully saturated rings. The second-order valence-corrected chi connectivity index (χ2v) is 11.1. The van der Waals surface area contributed by atoms with E-state index in [0.717, 1.165) is 21.5 Å². The molecule has 0 radical (unpaired) electrons. The highest BCUT2D eigenvalue weighted by atomic mass is 16.6. The van der Waals surface area contributed by atoms with E-state index in [-0.39, 0.29) is 5.56 Å². The van der Waals surface area contributed by atoms with Crippen molar-refractivity contribution in [2.45, 2.75) is 24.4 Å². The summed E-state index contributed by atoms with van der Waals surface area (Å²) >= 11 is 0. The molecule has 0 bridgehead atoms. The molecule has 0 spiro atoms. The molecule has 0 saturated heterocycles. The average molecular weight is 608 g/mol. The zero-order valence-corrected chi connectivity index (χ0v) is 24.6. The zero-order chi connectivity index (χ0) is 31.6. The molecule has 0 amide bonds. The van der Waals surface area contributed by atoms with Crippen LogP contribution in [0.25, 0.3) is 21.5 Å². The number of carbonyl (C=O) groups excluding carboxylic acids is 3. The lowest BCUT2D eigenvalue weighted by Gasteiger charge is -2.41. The summed E-state index contributed by atoms with van der Waals surface area (Å²) in [6.07, 6.45) is -3.65. The Bertz CT molecular complexity index is 2060. The van der Waals surface area contributed by atoms with Crippen molar-refractivity contribution in [3.63, 3.8) is 0 Å². The Morgan fingerprint density at radius 1 is 0.478 bits per heavy atom. The fourth-order valence-electron chi connectivity index (χ4n) is 6.16. The van der Waals surface area contributed by atoms with Crippen LogP contribution in [0, 0.1) is 0 Å². The van der Waals surface area contributed by atoms with Gasteiger partial charge in [-0.05, 0) is 63.5 Å². The van der Waals surface area contributed by atoms with E-state index >= 15 is 0 Å². The summed E-state index contributed by atoms with van der Waals surface area (Å²) in [6.45, 7) is 0. The van der Waals surface area contributed by atoms with Crippen LogP contribution in [0.4, 0.5) is 0 Å². The first-order chi connectivity index (χ1) is 22.5. The molecule has 1 aliphatic rings. The van der Waals surface area contributed by atoms with Gasteiger partial charge in [0.05, 0.1) is 22.7 Å². The fraction of sp³-hybridized carbons (Fsp3) is 0.103. The van der Waals surface area contributed by atoms with Crippen LogP contribution in [0.2, 0.25) is 0 Å². The average Bonchev–Trinajstić information content (AvgIpc) is 3.11. The highest BCUT2D eigenvalue weighted by Crippen LogP contribution is 2.46. The van der Waals surface area contributed by atoms with E-state index in [1.54, 1.807) is 91.0 Å². The molecule has 1 aliphatic carbocycles. The van der Waals surface area contributed by atoms with Gasteiger partial charge in [0.1, 0.15) is 0 Å². The van der Waals surface area contributed by atoms with Gasteiger partial charge in [-0.1, -0.05) is 103 Å². The Kier molecular flexibility index (Phi) is 7.74. The quantitative estimate of drug-likeness (QED) is 0.120. The maximum Gasteiger partial charge on any atom is 0.338 e. The predicted molar refractivity (Wildman–Crippen MR) is 174 cm³/mol. The van der Waals surface area contributed by atoms with Crippen LogP contribution in [0.1, 0.15) is 54.3 Å². The Hall–Kier alpha value is -5.79. The normalized spacial score (nSPS) is 18.8. The van der Waals surface area contributed by atoms with E-state index in [2.05, 4.69) is 0 Å². The van der Waals surface area contributed by atoms with Gasteiger partial charge in [-0.3, -0.25) is 0 Å². The molecule has 2 N–H and O–H groups in total. The van der Waals surface area contributed by atoms with Crippen molar-refractivity contribution in [3.8, 4) is 0 Å². The summed E-state index contributed by atoms with van der Waals surface area (Å²) in [5, 5.41) is 3.68. The van der Waals surface area contributed by atoms with E-state index in [4.69, 9.17) is 19.9 Å². The standard InChI is InChI=1S/C39H29NO6/c40-33-32-30(23-22-25-21-20-24-12-10-11-19-29(24)31(25)32)34(44-37(41)26-13-4-1-5-14-26)36(46-39(43)28-17-8-3-9-18-28)35(33)45-38(42)27-15-6-2-7-16-27/h1-23,33-36H,40H2/t33-,34+,35+,36-/m0/s1. The van der Waals surface area contributed by atoms with Crippen LogP contribution in [-0.4, -0.2) is 30.1 Å². The third-order valence-electron chi connectivity index (χ3n) is 8.35. The SMILES string of the molecule is N[C@H]1c2c(ccc3ccc4ccccc4c23)[C@@H](OC(=O)c2ccccc2)[C@H](OC(=O)c2ccccc2)[C@@H]1OC(=O)c1ccccc1. The van der Waals surface area contributed by atoms with Gasteiger partial charge in [-0.25, -0.2) is 14.4 Å². The van der Waals surface area contributed by atoms with E-state index in [9.17, 15) is 14.4 Å². The monoisotopic (exact) mass is 607 g/mol. The van der Waals surface area contributed by atoms with Gasteiger partial charge in [-0.15, -0.1) is 0 Å². The molecule has 0 aliphatic heterocycles. The number of fused-ring (bicyclic) bond motifs is 5. The molecule has 226 valence electrons. The first kappa shape index (κ1) is 29.0. The van der Waals surface area contributed by atoms with Crippen molar-refractivity contribution in [2.75, 3.05) is 0 Å². The first-order valence-electron chi connectivity index (χ1n) is 15.0. The van der Waals surface area contributed by atoms with Crippen molar-refractivity contribution in [1.82, 2.24) is 0 Å². The first-order valence-corrected chi connectivity index (χ1v) is 15.0. The molecule has 4 atom stereocenters. The number of ether oxygens (including phenoxy) is 3. The minimum Gasteiger partial charge on any atom is -0.453 e. The predicted octanol–water partition coefficient (Wildman–Crippen LogP) is 7.36. The van der Waals surface area contributed by atoms with Gasteiger partial charge in [0.25, 0.3) is 0 Å². The van der Waals surface area contributed by atoms with Gasteiger partial charge >= 0.3 is 17.9 Å². The van der Waals surface area contributed by atoms with Gasteiger partial charge < -0.3 is 19.9 Å². The van der Waals surface area contributed by atoms with Gasteiger partial charge in [0.15, 0.2) is 18.3 Å². The Morgan fingerprint density at radius 2 is 0.935 bits per heavy atom. The van der Waals surface area contributed by atoms with E-state index < -0.39 is 42.3 Å². The van der Waals surface area contributed by atoms with Crippen LogP contribution in [-0.2, 0) is 14.2 Å². The second kappa shape index (κ2) is 12.3. The van der Waals surface area contributed by atoms with Crippen molar-refractivity contribution in [2.24, 2.45) is 5.73 Å². The molecule has 0 saturated carbocycles. The number of rotatable bonds is 6. The maximum atomic E-state index is 13.6. The largest absolute Gasteiger partial charge is 0.453 e. The molecule has 7 nitrogen and oxygen atoms in total. The molecule has 0 aromatic heterocycles. The maximum absolute atomic E-state index is 13.6. The van der Waals surface area contributed by atoms with Crippen molar-refractivity contribution >= 4 is 39.5 Å². The molecule has 6 aromatic carbocycles. The summed E-state index contributed by atoms with van der Waals surface area (Å²) in [6, 6.07) is 40.3. The van der Waals surface area contributed by atoms with E-state index in [1.807, 2.05) is 48.5 Å². The highest BCUT2D eigenvalue weighted by Gasteiger charge is 2.49. The minimum atomic E-state index is -1.28. The number of nitrogens with two attached hydrogens (primary N) is 1. The summed E-state index contributed by atoms with van der Waals surface area (Å²) in [5.74, 6) is -1.95. The van der Waals surface area contributed by atoms with Crippen molar-refractivity contribution in [3.05, 3.63) is 167 Å². The summed E-state index contributed by atoms with van der Waals surface area (Å²) in [5.41, 5.74) is 9.19. The van der Waals surface area contributed by atoms with Crippen LogP contribution >= 0.6 is 0 Å². The van der Waals surface area contributed by atoms with Crippen molar-refractivity contribution in [1.29, 1.82) is 0 Å².